The molecule has 0 radical (unpaired) electrons. The fraction of sp³-hybridized carbons (Fsp3) is 0.727. The number of hydrogen-bond donors (Lipinski definition) is 1. The van der Waals surface area contributed by atoms with E-state index in [0.29, 0.717) is 6.04 Å². The number of piperazine rings is 1. The molecule has 5 heteroatoms. The van der Waals surface area contributed by atoms with Gasteiger partial charge in [0.25, 0.3) is 0 Å². The summed E-state index contributed by atoms with van der Waals surface area (Å²) in [5, 5.41) is 10.1. The smallest absolute Gasteiger partial charge is 0.185 e. The van der Waals surface area contributed by atoms with Crippen LogP contribution in [0.1, 0.15) is 18.2 Å². The molecule has 2 rings (SSSR count). The van der Waals surface area contributed by atoms with Crippen LogP contribution in [0.3, 0.4) is 0 Å². The number of rotatable bonds is 3. The van der Waals surface area contributed by atoms with Crippen molar-refractivity contribution in [2.75, 3.05) is 31.6 Å². The van der Waals surface area contributed by atoms with Crippen molar-refractivity contribution in [2.24, 2.45) is 0 Å². The Balaban J connectivity index is 2.05. The van der Waals surface area contributed by atoms with Crippen LogP contribution < -0.4 is 4.90 Å². The Morgan fingerprint density at radius 2 is 2.38 bits per heavy atom. The van der Waals surface area contributed by atoms with E-state index >= 15 is 0 Å². The second-order valence-corrected chi connectivity index (χ2v) is 5.35. The molecular weight excluding hydrogens is 222 g/mol. The highest BCUT2D eigenvalue weighted by molar-refractivity contribution is 7.15. The van der Waals surface area contributed by atoms with Crippen molar-refractivity contribution in [3.63, 3.8) is 0 Å². The first kappa shape index (κ1) is 11.8. The van der Waals surface area contributed by atoms with E-state index in [1.165, 1.54) is 6.42 Å². The van der Waals surface area contributed by atoms with Crippen LogP contribution in [0.4, 0.5) is 5.13 Å². The molecule has 2 heterocycles. The van der Waals surface area contributed by atoms with E-state index in [9.17, 15) is 0 Å². The predicted molar refractivity (Wildman–Crippen MR) is 67.0 cm³/mol. The maximum atomic E-state index is 9.03. The van der Waals surface area contributed by atoms with Crippen LogP contribution in [-0.2, 0) is 6.61 Å². The number of aliphatic hydroxyl groups is 1. The van der Waals surface area contributed by atoms with Gasteiger partial charge in [0.05, 0.1) is 11.5 Å². The topological polar surface area (TPSA) is 39.6 Å². The SMILES string of the molecule is CCC1CN(c2ncc(CO)s2)CCN1C. The van der Waals surface area contributed by atoms with Crippen molar-refractivity contribution in [1.82, 2.24) is 9.88 Å². The summed E-state index contributed by atoms with van der Waals surface area (Å²) in [5.41, 5.74) is 0. The lowest BCUT2D eigenvalue weighted by atomic mass is 10.1. The van der Waals surface area contributed by atoms with Crippen molar-refractivity contribution in [3.05, 3.63) is 11.1 Å². The highest BCUT2D eigenvalue weighted by Gasteiger charge is 2.24. The maximum Gasteiger partial charge on any atom is 0.185 e. The van der Waals surface area contributed by atoms with E-state index in [4.69, 9.17) is 5.11 Å². The van der Waals surface area contributed by atoms with Gasteiger partial charge < -0.3 is 10.0 Å². The van der Waals surface area contributed by atoms with Gasteiger partial charge in [-0.3, -0.25) is 4.90 Å². The molecule has 1 aliphatic heterocycles. The van der Waals surface area contributed by atoms with Crippen molar-refractivity contribution in [1.29, 1.82) is 0 Å². The van der Waals surface area contributed by atoms with Gasteiger partial charge in [0.15, 0.2) is 5.13 Å². The highest BCUT2D eigenvalue weighted by Crippen LogP contribution is 2.25. The molecule has 0 spiro atoms. The van der Waals surface area contributed by atoms with Gasteiger partial charge in [0.1, 0.15) is 0 Å². The van der Waals surface area contributed by atoms with Crippen LogP contribution in [-0.4, -0.2) is 47.7 Å². The highest BCUT2D eigenvalue weighted by atomic mass is 32.1. The molecule has 16 heavy (non-hydrogen) atoms. The molecule has 1 aliphatic rings. The molecule has 1 fully saturated rings. The largest absolute Gasteiger partial charge is 0.391 e. The van der Waals surface area contributed by atoms with Gasteiger partial charge in [-0.1, -0.05) is 18.3 Å². The summed E-state index contributed by atoms with van der Waals surface area (Å²) in [5.74, 6) is 0. The van der Waals surface area contributed by atoms with Gasteiger partial charge in [-0.15, -0.1) is 0 Å². The summed E-state index contributed by atoms with van der Waals surface area (Å²) in [7, 11) is 2.19. The molecule has 1 saturated heterocycles. The van der Waals surface area contributed by atoms with E-state index in [-0.39, 0.29) is 6.61 Å². The number of aliphatic hydroxyl groups excluding tert-OH is 1. The molecule has 1 unspecified atom stereocenters. The molecule has 0 saturated carbocycles. The minimum absolute atomic E-state index is 0.0998. The molecule has 0 aliphatic carbocycles. The second-order valence-electron chi connectivity index (χ2n) is 4.26. The van der Waals surface area contributed by atoms with Gasteiger partial charge in [-0.2, -0.15) is 0 Å². The van der Waals surface area contributed by atoms with Gasteiger partial charge >= 0.3 is 0 Å². The Bertz CT molecular complexity index is 342. The number of hydrogen-bond acceptors (Lipinski definition) is 5. The average molecular weight is 241 g/mol. The minimum Gasteiger partial charge on any atom is -0.391 e. The molecule has 1 N–H and O–H groups in total. The number of anilines is 1. The average Bonchev–Trinajstić information content (AvgIpc) is 2.78. The van der Waals surface area contributed by atoms with E-state index in [1.54, 1.807) is 17.5 Å². The molecule has 0 aromatic carbocycles. The third kappa shape index (κ3) is 2.36. The Labute approximate surface area is 101 Å². The standard InChI is InChI=1S/C11H19N3OS/c1-3-9-7-14(5-4-13(9)2)11-12-6-10(8-15)16-11/h6,9,15H,3-5,7-8H2,1-2H3. The van der Waals surface area contributed by atoms with Crippen LogP contribution in [0.2, 0.25) is 0 Å². The van der Waals surface area contributed by atoms with E-state index in [0.717, 1.165) is 29.6 Å². The summed E-state index contributed by atoms with van der Waals surface area (Å²) >= 11 is 1.60. The Morgan fingerprint density at radius 3 is 3.00 bits per heavy atom. The van der Waals surface area contributed by atoms with Gasteiger partial charge in [0, 0.05) is 31.9 Å². The molecule has 0 amide bonds. The second kappa shape index (κ2) is 5.12. The maximum absolute atomic E-state index is 9.03. The zero-order valence-corrected chi connectivity index (χ0v) is 10.7. The first-order valence-corrected chi connectivity index (χ1v) is 6.57. The zero-order valence-electron chi connectivity index (χ0n) is 9.89. The first-order chi connectivity index (χ1) is 7.74. The Kier molecular flexibility index (Phi) is 3.78. The molecule has 0 bridgehead atoms. The normalized spacial score (nSPS) is 22.7. The summed E-state index contributed by atoms with van der Waals surface area (Å²) in [6.45, 7) is 5.50. The lowest BCUT2D eigenvalue weighted by Gasteiger charge is -2.39. The van der Waals surface area contributed by atoms with Crippen LogP contribution in [0.15, 0.2) is 6.20 Å². The summed E-state index contributed by atoms with van der Waals surface area (Å²) < 4.78 is 0. The fourth-order valence-electron chi connectivity index (χ4n) is 2.08. The van der Waals surface area contributed by atoms with E-state index in [2.05, 4.69) is 28.8 Å². The Morgan fingerprint density at radius 1 is 1.56 bits per heavy atom. The Hall–Kier alpha value is -0.650. The van der Waals surface area contributed by atoms with Crippen LogP contribution in [0, 0.1) is 0 Å². The summed E-state index contributed by atoms with van der Waals surface area (Å²) in [6, 6.07) is 0.621. The quantitative estimate of drug-likeness (QED) is 0.862. The lowest BCUT2D eigenvalue weighted by molar-refractivity contribution is 0.213. The van der Waals surface area contributed by atoms with Gasteiger partial charge in [0.2, 0.25) is 0 Å². The molecule has 1 aromatic rings. The van der Waals surface area contributed by atoms with E-state index in [1.807, 2.05) is 0 Å². The number of aromatic nitrogens is 1. The molecule has 1 aromatic heterocycles. The molecule has 90 valence electrons. The number of thiazole rings is 1. The minimum atomic E-state index is 0.0998. The monoisotopic (exact) mass is 241 g/mol. The van der Waals surface area contributed by atoms with Crippen molar-refractivity contribution < 1.29 is 5.11 Å². The van der Waals surface area contributed by atoms with Crippen LogP contribution >= 0.6 is 11.3 Å². The van der Waals surface area contributed by atoms with E-state index < -0.39 is 0 Å². The van der Waals surface area contributed by atoms with Crippen LogP contribution in [0.25, 0.3) is 0 Å². The van der Waals surface area contributed by atoms with Gasteiger partial charge in [-0.05, 0) is 13.5 Å². The van der Waals surface area contributed by atoms with Crippen molar-refractivity contribution in [2.45, 2.75) is 26.0 Å². The van der Waals surface area contributed by atoms with Crippen molar-refractivity contribution in [3.8, 4) is 0 Å². The van der Waals surface area contributed by atoms with Crippen molar-refractivity contribution >= 4 is 16.5 Å². The van der Waals surface area contributed by atoms with Crippen LogP contribution in [0.5, 0.6) is 0 Å². The zero-order chi connectivity index (χ0) is 11.5. The summed E-state index contributed by atoms with van der Waals surface area (Å²) in [4.78, 5) is 10.1. The number of likely N-dealkylation sites (N-methyl/N-ethyl adjacent to an activating group) is 1. The fourth-order valence-corrected chi connectivity index (χ4v) is 2.88. The molecular formula is C11H19N3OS. The third-order valence-corrected chi connectivity index (χ3v) is 4.26. The number of nitrogens with zero attached hydrogens (tertiary/aromatic N) is 3. The summed E-state index contributed by atoms with van der Waals surface area (Å²) in [6.07, 6.45) is 2.95. The first-order valence-electron chi connectivity index (χ1n) is 5.75. The third-order valence-electron chi connectivity index (χ3n) is 3.22. The lowest BCUT2D eigenvalue weighted by Crippen LogP contribution is -2.51. The molecule has 1 atom stereocenters. The predicted octanol–water partition coefficient (Wildman–Crippen LogP) is 1.17. The molecule has 4 nitrogen and oxygen atoms in total. The van der Waals surface area contributed by atoms with Gasteiger partial charge in [-0.25, -0.2) is 4.98 Å².